The topological polar surface area (TPSA) is 98.1 Å². The molecule has 1 aliphatic carbocycles. The minimum atomic E-state index is -0.318. The van der Waals surface area contributed by atoms with Crippen molar-refractivity contribution in [3.8, 4) is 5.75 Å². The summed E-state index contributed by atoms with van der Waals surface area (Å²) in [6.45, 7) is 6.26. The molecule has 1 aromatic heterocycles. The fourth-order valence-electron chi connectivity index (χ4n) is 3.84. The van der Waals surface area contributed by atoms with Crippen molar-refractivity contribution in [2.45, 2.75) is 56.6 Å². The zero-order valence-corrected chi connectivity index (χ0v) is 19.5. The molecule has 1 saturated carbocycles. The maximum Gasteiger partial charge on any atom is 0.243 e. The maximum absolute atomic E-state index is 12.3. The summed E-state index contributed by atoms with van der Waals surface area (Å²) >= 11 is 1.32. The van der Waals surface area contributed by atoms with Gasteiger partial charge < -0.3 is 19.9 Å². The van der Waals surface area contributed by atoms with Gasteiger partial charge in [-0.2, -0.15) is 0 Å². The van der Waals surface area contributed by atoms with Crippen molar-refractivity contribution in [1.29, 1.82) is 0 Å². The van der Waals surface area contributed by atoms with Crippen LogP contribution < -0.4 is 15.4 Å². The molecule has 0 radical (unpaired) electrons. The van der Waals surface area contributed by atoms with Crippen LogP contribution in [0.5, 0.6) is 5.75 Å². The summed E-state index contributed by atoms with van der Waals surface area (Å²) in [6.07, 6.45) is 7.78. The molecule has 0 bridgehead atoms. The zero-order chi connectivity index (χ0) is 22.9. The molecule has 9 heteroatoms. The number of thioether (sulfide) groups is 1. The van der Waals surface area contributed by atoms with Crippen molar-refractivity contribution in [3.63, 3.8) is 0 Å². The second-order valence-corrected chi connectivity index (χ2v) is 8.83. The number of nitrogens with one attached hydrogen (secondary N) is 2. The highest BCUT2D eigenvalue weighted by Gasteiger charge is 2.23. The van der Waals surface area contributed by atoms with Crippen molar-refractivity contribution in [1.82, 2.24) is 20.1 Å². The summed E-state index contributed by atoms with van der Waals surface area (Å²) in [5, 5.41) is 14.9. The van der Waals surface area contributed by atoms with Gasteiger partial charge in [0.2, 0.25) is 11.8 Å². The number of carbonyl (C=O) groups excluding carboxylic acids is 2. The monoisotopic (exact) mass is 457 g/mol. The normalized spacial score (nSPS) is 14.1. The number of hydrogen-bond acceptors (Lipinski definition) is 6. The van der Waals surface area contributed by atoms with Crippen LogP contribution in [0.1, 0.15) is 49.4 Å². The number of allylic oxidation sites excluding steroid dienone is 1. The fraction of sp³-hybridized carbons (Fsp3) is 0.478. The summed E-state index contributed by atoms with van der Waals surface area (Å²) in [5.41, 5.74) is 1.58. The lowest BCUT2D eigenvalue weighted by Gasteiger charge is -2.21. The number of ether oxygens (including phenoxy) is 1. The van der Waals surface area contributed by atoms with Crippen LogP contribution in [0.4, 0.5) is 5.69 Å². The first-order valence-corrected chi connectivity index (χ1v) is 11.9. The van der Waals surface area contributed by atoms with Gasteiger partial charge in [-0.25, -0.2) is 0 Å². The van der Waals surface area contributed by atoms with Gasteiger partial charge in [0.05, 0.1) is 25.1 Å². The van der Waals surface area contributed by atoms with Gasteiger partial charge >= 0.3 is 0 Å². The number of aromatic nitrogens is 3. The smallest absolute Gasteiger partial charge is 0.243 e. The third-order valence-corrected chi connectivity index (χ3v) is 6.40. The van der Waals surface area contributed by atoms with Crippen LogP contribution in [0.3, 0.4) is 0 Å². The molecular weight excluding hydrogens is 426 g/mol. The van der Waals surface area contributed by atoms with Crippen molar-refractivity contribution >= 4 is 29.3 Å². The summed E-state index contributed by atoms with van der Waals surface area (Å²) in [5.74, 6) is 1.57. The summed E-state index contributed by atoms with van der Waals surface area (Å²) in [7, 11) is 1.55. The first kappa shape index (κ1) is 23.8. The van der Waals surface area contributed by atoms with Crippen molar-refractivity contribution in [2.75, 3.05) is 24.7 Å². The van der Waals surface area contributed by atoms with E-state index in [0.717, 1.165) is 24.2 Å². The average Bonchev–Trinajstić information content (AvgIpc) is 3.20. The summed E-state index contributed by atoms with van der Waals surface area (Å²) in [4.78, 5) is 24.6. The number of amides is 2. The van der Waals surface area contributed by atoms with Gasteiger partial charge in [-0.3, -0.25) is 9.59 Å². The van der Waals surface area contributed by atoms with Gasteiger partial charge in [0.15, 0.2) is 5.16 Å². The zero-order valence-electron chi connectivity index (χ0n) is 18.7. The van der Waals surface area contributed by atoms with E-state index >= 15 is 0 Å². The second-order valence-electron chi connectivity index (χ2n) is 7.89. The molecule has 1 aromatic carbocycles. The lowest BCUT2D eigenvalue weighted by molar-refractivity contribution is -0.122. The highest BCUT2D eigenvalue weighted by molar-refractivity contribution is 7.99. The predicted molar refractivity (Wildman–Crippen MR) is 126 cm³/mol. The molecule has 1 heterocycles. The standard InChI is InChI=1S/C23H31N5O3S/c1-4-12-28-22(17-8-6-5-7-9-17)26-27-23(28)32-15-21(30)24-14-20(29)25-18-13-16(2)10-11-19(18)31-3/h4,10-11,13,17H,1,5-9,12,14-15H2,2-3H3,(H,24,30)(H,25,29). The van der Waals surface area contributed by atoms with E-state index in [1.54, 1.807) is 13.2 Å². The number of rotatable bonds is 10. The number of aryl methyl sites for hydroxylation is 1. The Labute approximate surface area is 193 Å². The molecule has 0 aliphatic heterocycles. The van der Waals surface area contributed by atoms with Crippen LogP contribution in [0.15, 0.2) is 36.0 Å². The number of benzene rings is 1. The Hall–Kier alpha value is -2.81. The van der Waals surface area contributed by atoms with Crippen LogP contribution in [0, 0.1) is 6.92 Å². The molecule has 1 aliphatic rings. The quantitative estimate of drug-likeness (QED) is 0.417. The van der Waals surface area contributed by atoms with E-state index in [2.05, 4.69) is 32.0 Å². The minimum absolute atomic E-state index is 0.122. The van der Waals surface area contributed by atoms with E-state index < -0.39 is 0 Å². The SMILES string of the molecule is C=CCn1c(SCC(=O)NCC(=O)Nc2cc(C)ccc2OC)nnc1C1CCCCC1. The Bertz CT molecular complexity index is 953. The van der Waals surface area contributed by atoms with Gasteiger partial charge in [-0.1, -0.05) is 43.2 Å². The first-order valence-electron chi connectivity index (χ1n) is 10.9. The molecular formula is C23H31N5O3S. The van der Waals surface area contributed by atoms with Crippen LogP contribution in [0.2, 0.25) is 0 Å². The Morgan fingerprint density at radius 2 is 2.03 bits per heavy atom. The van der Waals surface area contributed by atoms with Crippen molar-refractivity contribution < 1.29 is 14.3 Å². The lowest BCUT2D eigenvalue weighted by atomic mass is 9.89. The van der Waals surface area contributed by atoms with Gasteiger partial charge in [0.25, 0.3) is 0 Å². The molecule has 2 aromatic rings. The third-order valence-electron chi connectivity index (χ3n) is 5.43. The van der Waals surface area contributed by atoms with Crippen LogP contribution in [-0.4, -0.2) is 46.0 Å². The number of carbonyl (C=O) groups is 2. The Balaban J connectivity index is 1.51. The predicted octanol–water partition coefficient (Wildman–Crippen LogP) is 3.68. The molecule has 0 saturated heterocycles. The molecule has 0 atom stereocenters. The summed E-state index contributed by atoms with van der Waals surface area (Å²) in [6, 6.07) is 5.52. The Morgan fingerprint density at radius 1 is 1.25 bits per heavy atom. The lowest BCUT2D eigenvalue weighted by Crippen LogP contribution is -2.34. The van der Waals surface area contributed by atoms with Crippen LogP contribution in [0.25, 0.3) is 0 Å². The van der Waals surface area contributed by atoms with Crippen molar-refractivity contribution in [3.05, 3.63) is 42.2 Å². The van der Waals surface area contributed by atoms with E-state index in [4.69, 9.17) is 4.74 Å². The van der Waals surface area contributed by atoms with Gasteiger partial charge in [-0.05, 0) is 37.5 Å². The van der Waals surface area contributed by atoms with E-state index in [1.165, 1.54) is 31.0 Å². The molecule has 8 nitrogen and oxygen atoms in total. The summed E-state index contributed by atoms with van der Waals surface area (Å²) < 4.78 is 7.32. The molecule has 0 spiro atoms. The Morgan fingerprint density at radius 3 is 2.75 bits per heavy atom. The average molecular weight is 458 g/mol. The molecule has 2 N–H and O–H groups in total. The largest absolute Gasteiger partial charge is 0.495 e. The molecule has 2 amide bonds. The van der Waals surface area contributed by atoms with Gasteiger partial charge in [0.1, 0.15) is 11.6 Å². The number of anilines is 1. The highest BCUT2D eigenvalue weighted by Crippen LogP contribution is 2.33. The fourth-order valence-corrected chi connectivity index (χ4v) is 4.63. The molecule has 3 rings (SSSR count). The third kappa shape index (κ3) is 6.35. The van der Waals surface area contributed by atoms with Crippen LogP contribution >= 0.6 is 11.8 Å². The van der Waals surface area contributed by atoms with Crippen molar-refractivity contribution in [2.24, 2.45) is 0 Å². The van der Waals surface area contributed by atoms with E-state index in [1.807, 2.05) is 25.1 Å². The minimum Gasteiger partial charge on any atom is -0.495 e. The highest BCUT2D eigenvalue weighted by atomic mass is 32.2. The Kier molecular flexibility index (Phi) is 8.72. The number of nitrogens with zero attached hydrogens (tertiary/aromatic N) is 3. The number of methoxy groups -OCH3 is 1. The molecule has 172 valence electrons. The van der Waals surface area contributed by atoms with Gasteiger partial charge in [-0.15, -0.1) is 16.8 Å². The molecule has 1 fully saturated rings. The van der Waals surface area contributed by atoms with Gasteiger partial charge in [0, 0.05) is 12.5 Å². The molecule has 0 unspecified atom stereocenters. The second kappa shape index (κ2) is 11.7. The van der Waals surface area contributed by atoms with Crippen LogP contribution in [-0.2, 0) is 16.1 Å². The molecule has 32 heavy (non-hydrogen) atoms. The van der Waals surface area contributed by atoms with E-state index in [-0.39, 0.29) is 24.1 Å². The first-order chi connectivity index (χ1) is 15.5. The van der Waals surface area contributed by atoms with E-state index in [0.29, 0.717) is 29.1 Å². The number of hydrogen-bond donors (Lipinski definition) is 2. The maximum atomic E-state index is 12.3. The van der Waals surface area contributed by atoms with E-state index in [9.17, 15) is 9.59 Å².